The van der Waals surface area contributed by atoms with E-state index >= 15 is 0 Å². The molecular formula is C8H17NO. The zero-order valence-electron chi connectivity index (χ0n) is 6.88. The van der Waals surface area contributed by atoms with E-state index in [1.807, 2.05) is 0 Å². The van der Waals surface area contributed by atoms with Crippen LogP contribution in [0.3, 0.4) is 0 Å². The lowest BCUT2D eigenvalue weighted by Gasteiger charge is -2.25. The van der Waals surface area contributed by atoms with Crippen molar-refractivity contribution < 1.29 is 5.11 Å². The van der Waals surface area contributed by atoms with Crippen molar-refractivity contribution in [3.63, 3.8) is 0 Å². The lowest BCUT2D eigenvalue weighted by Crippen LogP contribution is -2.37. The molecule has 2 heteroatoms. The Balaban J connectivity index is 2.38. The molecule has 1 saturated carbocycles. The molecule has 0 saturated heterocycles. The van der Waals surface area contributed by atoms with Crippen molar-refractivity contribution in [2.24, 2.45) is 0 Å². The Hall–Kier alpha value is -0.0800. The second-order valence-corrected chi connectivity index (χ2v) is 3.14. The molecule has 1 fully saturated rings. The summed E-state index contributed by atoms with van der Waals surface area (Å²) in [5.74, 6) is 0. The number of hydrogen-bond acceptors (Lipinski definition) is 2. The van der Waals surface area contributed by atoms with Crippen LogP contribution in [0.25, 0.3) is 0 Å². The van der Waals surface area contributed by atoms with Crippen molar-refractivity contribution >= 4 is 0 Å². The van der Waals surface area contributed by atoms with Gasteiger partial charge in [0.1, 0.15) is 0 Å². The van der Waals surface area contributed by atoms with E-state index < -0.39 is 0 Å². The van der Waals surface area contributed by atoms with Crippen molar-refractivity contribution in [1.82, 2.24) is 4.90 Å². The molecule has 60 valence electrons. The molecule has 0 amide bonds. The number of rotatable bonds is 2. The van der Waals surface area contributed by atoms with Gasteiger partial charge in [-0.25, -0.2) is 0 Å². The van der Waals surface area contributed by atoms with Crippen molar-refractivity contribution in [1.29, 1.82) is 0 Å². The standard InChI is InChI=1S/C8H17NO/c1-3-9(2)7-5-4-6-8(7)10/h7-8,10H,3-6H2,1-2H3/t7-,8+/m1/s1. The third-order valence-electron chi connectivity index (χ3n) is 2.51. The van der Waals surface area contributed by atoms with Crippen molar-refractivity contribution in [2.45, 2.75) is 38.3 Å². The van der Waals surface area contributed by atoms with Crippen molar-refractivity contribution in [2.75, 3.05) is 13.6 Å². The Labute approximate surface area is 62.8 Å². The van der Waals surface area contributed by atoms with E-state index in [0.717, 1.165) is 13.0 Å². The monoisotopic (exact) mass is 143 g/mol. The fourth-order valence-electron chi connectivity index (χ4n) is 1.67. The van der Waals surface area contributed by atoms with E-state index in [2.05, 4.69) is 18.9 Å². The molecule has 2 nitrogen and oxygen atoms in total. The van der Waals surface area contributed by atoms with Crippen LogP contribution in [0.2, 0.25) is 0 Å². The second kappa shape index (κ2) is 3.35. The van der Waals surface area contributed by atoms with Gasteiger partial charge in [-0.05, 0) is 32.9 Å². The van der Waals surface area contributed by atoms with Crippen LogP contribution < -0.4 is 0 Å². The lowest BCUT2D eigenvalue weighted by molar-refractivity contribution is 0.0894. The Morgan fingerprint density at radius 3 is 2.60 bits per heavy atom. The Morgan fingerprint density at radius 1 is 1.50 bits per heavy atom. The average Bonchev–Trinajstić information content (AvgIpc) is 2.34. The van der Waals surface area contributed by atoms with Crippen LogP contribution in [-0.2, 0) is 0 Å². The molecule has 0 bridgehead atoms. The minimum absolute atomic E-state index is 0.0649. The van der Waals surface area contributed by atoms with E-state index in [0.29, 0.717) is 6.04 Å². The zero-order chi connectivity index (χ0) is 7.56. The van der Waals surface area contributed by atoms with Gasteiger partial charge in [-0.2, -0.15) is 0 Å². The molecular weight excluding hydrogens is 126 g/mol. The Morgan fingerprint density at radius 2 is 2.20 bits per heavy atom. The van der Waals surface area contributed by atoms with Crippen molar-refractivity contribution in [3.05, 3.63) is 0 Å². The topological polar surface area (TPSA) is 23.5 Å². The van der Waals surface area contributed by atoms with Crippen LogP contribution >= 0.6 is 0 Å². The molecule has 0 aromatic heterocycles. The van der Waals surface area contributed by atoms with Crippen LogP contribution in [0, 0.1) is 0 Å². The van der Waals surface area contributed by atoms with Gasteiger partial charge in [-0.15, -0.1) is 0 Å². The van der Waals surface area contributed by atoms with Crippen LogP contribution in [-0.4, -0.2) is 35.7 Å². The van der Waals surface area contributed by atoms with Crippen LogP contribution in [0.1, 0.15) is 26.2 Å². The highest BCUT2D eigenvalue weighted by Crippen LogP contribution is 2.22. The molecule has 0 spiro atoms. The first-order valence-corrected chi connectivity index (χ1v) is 4.14. The predicted octanol–water partition coefficient (Wildman–Crippen LogP) is 0.852. The van der Waals surface area contributed by atoms with Gasteiger partial charge in [-0.3, -0.25) is 0 Å². The van der Waals surface area contributed by atoms with E-state index in [1.54, 1.807) is 0 Å². The zero-order valence-corrected chi connectivity index (χ0v) is 6.88. The highest BCUT2D eigenvalue weighted by Gasteiger charge is 2.27. The number of likely N-dealkylation sites (N-methyl/N-ethyl adjacent to an activating group) is 1. The Kier molecular flexibility index (Phi) is 2.69. The van der Waals surface area contributed by atoms with E-state index in [-0.39, 0.29) is 6.10 Å². The molecule has 0 unspecified atom stereocenters. The average molecular weight is 143 g/mol. The van der Waals surface area contributed by atoms with E-state index in [1.165, 1.54) is 12.8 Å². The molecule has 1 aliphatic carbocycles. The number of nitrogens with zero attached hydrogens (tertiary/aromatic N) is 1. The maximum Gasteiger partial charge on any atom is 0.0695 e. The summed E-state index contributed by atoms with van der Waals surface area (Å²) in [6, 6.07) is 0.435. The quantitative estimate of drug-likeness (QED) is 0.619. The Bertz CT molecular complexity index is 105. The molecule has 1 aliphatic rings. The largest absolute Gasteiger partial charge is 0.391 e. The summed E-state index contributed by atoms with van der Waals surface area (Å²) >= 11 is 0. The molecule has 0 aromatic rings. The number of hydrogen-bond donors (Lipinski definition) is 1. The normalized spacial score (nSPS) is 33.6. The predicted molar refractivity (Wildman–Crippen MR) is 41.9 cm³/mol. The summed E-state index contributed by atoms with van der Waals surface area (Å²) in [5, 5.41) is 9.45. The molecule has 0 heterocycles. The minimum Gasteiger partial charge on any atom is -0.391 e. The van der Waals surface area contributed by atoms with Gasteiger partial charge in [0.2, 0.25) is 0 Å². The summed E-state index contributed by atoms with van der Waals surface area (Å²) in [5.41, 5.74) is 0. The third-order valence-corrected chi connectivity index (χ3v) is 2.51. The first kappa shape index (κ1) is 8.02. The lowest BCUT2D eigenvalue weighted by atomic mass is 10.2. The molecule has 10 heavy (non-hydrogen) atoms. The summed E-state index contributed by atoms with van der Waals surface area (Å²) in [6.45, 7) is 3.17. The molecule has 1 rings (SSSR count). The SMILES string of the molecule is CCN(C)[C@@H]1CCC[C@@H]1O. The molecule has 1 N–H and O–H groups in total. The summed E-state index contributed by atoms with van der Waals surface area (Å²) in [6.07, 6.45) is 3.29. The van der Waals surface area contributed by atoms with E-state index in [4.69, 9.17) is 0 Å². The number of aliphatic hydroxyl groups excluding tert-OH is 1. The highest BCUT2D eigenvalue weighted by molar-refractivity contribution is 4.82. The van der Waals surface area contributed by atoms with Gasteiger partial charge in [0.05, 0.1) is 6.10 Å². The van der Waals surface area contributed by atoms with Crippen LogP contribution in [0.4, 0.5) is 0 Å². The van der Waals surface area contributed by atoms with Gasteiger partial charge in [-0.1, -0.05) is 6.92 Å². The second-order valence-electron chi connectivity index (χ2n) is 3.14. The maximum absolute atomic E-state index is 9.45. The van der Waals surface area contributed by atoms with Crippen LogP contribution in [0.5, 0.6) is 0 Å². The minimum atomic E-state index is -0.0649. The van der Waals surface area contributed by atoms with Gasteiger partial charge in [0.15, 0.2) is 0 Å². The van der Waals surface area contributed by atoms with Gasteiger partial charge in [0, 0.05) is 6.04 Å². The molecule has 0 aliphatic heterocycles. The summed E-state index contributed by atoms with van der Waals surface area (Å²) < 4.78 is 0. The third kappa shape index (κ3) is 1.50. The highest BCUT2D eigenvalue weighted by atomic mass is 16.3. The van der Waals surface area contributed by atoms with Crippen LogP contribution in [0.15, 0.2) is 0 Å². The fourth-order valence-corrected chi connectivity index (χ4v) is 1.67. The molecule has 2 atom stereocenters. The van der Waals surface area contributed by atoms with Gasteiger partial charge >= 0.3 is 0 Å². The first-order valence-electron chi connectivity index (χ1n) is 4.14. The van der Waals surface area contributed by atoms with Gasteiger partial charge in [0.25, 0.3) is 0 Å². The van der Waals surface area contributed by atoms with Crippen molar-refractivity contribution in [3.8, 4) is 0 Å². The number of aliphatic hydroxyl groups is 1. The van der Waals surface area contributed by atoms with E-state index in [9.17, 15) is 5.11 Å². The first-order chi connectivity index (χ1) is 4.75. The fraction of sp³-hybridized carbons (Fsp3) is 1.00. The van der Waals surface area contributed by atoms with Gasteiger partial charge < -0.3 is 10.0 Å². The molecule has 0 radical (unpaired) electrons. The molecule has 0 aromatic carbocycles. The summed E-state index contributed by atoms with van der Waals surface area (Å²) in [4.78, 5) is 2.23. The maximum atomic E-state index is 9.45. The summed E-state index contributed by atoms with van der Waals surface area (Å²) in [7, 11) is 2.08. The smallest absolute Gasteiger partial charge is 0.0695 e.